The number of hydrogen-bond donors (Lipinski definition) is 1. The van der Waals surface area contributed by atoms with Crippen LogP contribution in [0, 0.1) is 0 Å². The summed E-state index contributed by atoms with van der Waals surface area (Å²) < 4.78 is 0. The minimum atomic E-state index is -1.04. The monoisotopic (exact) mass is 245 g/mol. The molecule has 0 aliphatic heterocycles. The molecule has 1 unspecified atom stereocenters. The molecule has 1 rings (SSSR count). The molecule has 1 aromatic carbocycles. The molecule has 0 heterocycles. The second-order valence-electron chi connectivity index (χ2n) is 3.45. The van der Waals surface area contributed by atoms with E-state index in [9.17, 15) is 4.79 Å². The summed E-state index contributed by atoms with van der Waals surface area (Å²) in [7, 11) is 0. The molecule has 0 spiro atoms. The van der Waals surface area contributed by atoms with E-state index in [2.05, 4.69) is 0 Å². The molecule has 0 bridgehead atoms. The molecule has 0 aliphatic rings. The minimum Gasteiger partial charge on any atom is -0.368 e. The number of carbonyl (C=O) groups excluding carboxylic acids is 1. The van der Waals surface area contributed by atoms with Crippen LogP contribution in [0.5, 0.6) is 0 Å². The molecule has 0 saturated carbocycles. The standard InChI is InChI=1S/C11H13Cl2NO/c1-2-11(13,10(14)15)7-8-5-3-4-6-9(8)12/h3-6H,2,7H2,1H3,(H2,14,15). The van der Waals surface area contributed by atoms with Gasteiger partial charge in [0.2, 0.25) is 5.91 Å². The summed E-state index contributed by atoms with van der Waals surface area (Å²) in [5.74, 6) is -0.508. The van der Waals surface area contributed by atoms with Gasteiger partial charge in [0.25, 0.3) is 0 Å². The lowest BCUT2D eigenvalue weighted by Gasteiger charge is -2.22. The molecule has 1 amide bonds. The molecule has 2 N–H and O–H groups in total. The van der Waals surface area contributed by atoms with Crippen molar-refractivity contribution in [2.24, 2.45) is 5.73 Å². The van der Waals surface area contributed by atoms with Crippen molar-refractivity contribution in [3.8, 4) is 0 Å². The number of alkyl halides is 1. The number of carbonyl (C=O) groups is 1. The Morgan fingerprint density at radius 2 is 2.07 bits per heavy atom. The van der Waals surface area contributed by atoms with Gasteiger partial charge < -0.3 is 5.73 Å². The van der Waals surface area contributed by atoms with Crippen molar-refractivity contribution in [2.45, 2.75) is 24.6 Å². The minimum absolute atomic E-state index is 0.361. The van der Waals surface area contributed by atoms with Crippen LogP contribution in [0.4, 0.5) is 0 Å². The first-order chi connectivity index (χ1) is 6.99. The summed E-state index contributed by atoms with van der Waals surface area (Å²) in [6.07, 6.45) is 0.842. The third-order valence-corrected chi connectivity index (χ3v) is 3.39. The Morgan fingerprint density at radius 1 is 1.47 bits per heavy atom. The number of amides is 1. The van der Waals surface area contributed by atoms with Gasteiger partial charge in [-0.3, -0.25) is 4.79 Å². The number of benzene rings is 1. The lowest BCUT2D eigenvalue weighted by atomic mass is 9.95. The quantitative estimate of drug-likeness (QED) is 0.815. The van der Waals surface area contributed by atoms with Crippen molar-refractivity contribution in [2.75, 3.05) is 0 Å². The zero-order chi connectivity index (χ0) is 11.5. The third-order valence-electron chi connectivity index (χ3n) is 2.43. The first-order valence-corrected chi connectivity index (χ1v) is 5.47. The fourth-order valence-electron chi connectivity index (χ4n) is 1.33. The molecular formula is C11H13Cl2NO. The SMILES string of the molecule is CCC(Cl)(Cc1ccccc1Cl)C(N)=O. The van der Waals surface area contributed by atoms with Gasteiger partial charge in [-0.1, -0.05) is 36.7 Å². The molecule has 0 aliphatic carbocycles. The van der Waals surface area contributed by atoms with Crippen LogP contribution in [-0.4, -0.2) is 10.8 Å². The number of halogens is 2. The number of rotatable bonds is 4. The normalized spacial score (nSPS) is 14.6. The molecule has 0 saturated heterocycles. The summed E-state index contributed by atoms with van der Waals surface area (Å²) in [5.41, 5.74) is 6.11. The average molecular weight is 246 g/mol. The highest BCUT2D eigenvalue weighted by Gasteiger charge is 2.32. The van der Waals surface area contributed by atoms with Gasteiger partial charge in [0, 0.05) is 11.4 Å². The van der Waals surface area contributed by atoms with E-state index in [1.165, 1.54) is 0 Å². The third kappa shape index (κ3) is 2.86. The highest BCUT2D eigenvalue weighted by molar-refractivity contribution is 6.35. The Bertz CT molecular complexity index is 367. The van der Waals surface area contributed by atoms with E-state index in [1.807, 2.05) is 25.1 Å². The van der Waals surface area contributed by atoms with Crippen molar-refractivity contribution >= 4 is 29.1 Å². The topological polar surface area (TPSA) is 43.1 Å². The van der Waals surface area contributed by atoms with Crippen LogP contribution in [0.2, 0.25) is 5.02 Å². The smallest absolute Gasteiger partial charge is 0.238 e. The van der Waals surface area contributed by atoms with Gasteiger partial charge in [0.1, 0.15) is 4.87 Å². The molecular weight excluding hydrogens is 233 g/mol. The van der Waals surface area contributed by atoms with Crippen LogP contribution in [0.15, 0.2) is 24.3 Å². The lowest BCUT2D eigenvalue weighted by Crippen LogP contribution is -2.40. The Balaban J connectivity index is 2.94. The van der Waals surface area contributed by atoms with E-state index in [4.69, 9.17) is 28.9 Å². The second-order valence-corrected chi connectivity index (χ2v) is 4.58. The van der Waals surface area contributed by atoms with Gasteiger partial charge in [-0.05, 0) is 18.1 Å². The maximum absolute atomic E-state index is 11.2. The number of primary amides is 1. The zero-order valence-corrected chi connectivity index (χ0v) is 9.98. The van der Waals surface area contributed by atoms with Crippen molar-refractivity contribution in [3.63, 3.8) is 0 Å². The van der Waals surface area contributed by atoms with Crippen LogP contribution in [-0.2, 0) is 11.2 Å². The van der Waals surface area contributed by atoms with Crippen LogP contribution in [0.3, 0.4) is 0 Å². The van der Waals surface area contributed by atoms with Gasteiger partial charge in [-0.15, -0.1) is 11.6 Å². The first kappa shape index (κ1) is 12.3. The number of hydrogen-bond acceptors (Lipinski definition) is 1. The molecule has 0 radical (unpaired) electrons. The highest BCUT2D eigenvalue weighted by atomic mass is 35.5. The van der Waals surface area contributed by atoms with Crippen molar-refractivity contribution in [1.82, 2.24) is 0 Å². The number of nitrogens with two attached hydrogens (primary N) is 1. The second kappa shape index (κ2) is 4.86. The van der Waals surface area contributed by atoms with Crippen LogP contribution < -0.4 is 5.73 Å². The summed E-state index contributed by atoms with van der Waals surface area (Å²) >= 11 is 12.1. The maximum atomic E-state index is 11.2. The Labute approximate surface area is 99.4 Å². The van der Waals surface area contributed by atoms with Gasteiger partial charge in [-0.2, -0.15) is 0 Å². The van der Waals surface area contributed by atoms with Crippen molar-refractivity contribution in [1.29, 1.82) is 0 Å². The van der Waals surface area contributed by atoms with E-state index in [0.29, 0.717) is 17.9 Å². The average Bonchev–Trinajstić information content (AvgIpc) is 2.21. The zero-order valence-electron chi connectivity index (χ0n) is 8.47. The Kier molecular flexibility index (Phi) is 4.00. The van der Waals surface area contributed by atoms with Gasteiger partial charge in [-0.25, -0.2) is 0 Å². The summed E-state index contributed by atoms with van der Waals surface area (Å²) in [4.78, 5) is 10.2. The lowest BCUT2D eigenvalue weighted by molar-refractivity contribution is -0.120. The van der Waals surface area contributed by atoms with Gasteiger partial charge in [0.15, 0.2) is 0 Å². The fourth-order valence-corrected chi connectivity index (χ4v) is 1.68. The predicted octanol–water partition coefficient (Wildman–Crippen LogP) is 2.76. The molecule has 0 fully saturated rings. The van der Waals surface area contributed by atoms with E-state index >= 15 is 0 Å². The highest BCUT2D eigenvalue weighted by Crippen LogP contribution is 2.28. The van der Waals surface area contributed by atoms with Crippen molar-refractivity contribution < 1.29 is 4.79 Å². The van der Waals surface area contributed by atoms with E-state index < -0.39 is 10.8 Å². The van der Waals surface area contributed by atoms with Crippen molar-refractivity contribution in [3.05, 3.63) is 34.9 Å². The van der Waals surface area contributed by atoms with Crippen LogP contribution in [0.1, 0.15) is 18.9 Å². The van der Waals surface area contributed by atoms with Crippen LogP contribution in [0.25, 0.3) is 0 Å². The predicted molar refractivity (Wildman–Crippen MR) is 63.2 cm³/mol. The largest absolute Gasteiger partial charge is 0.368 e. The summed E-state index contributed by atoms with van der Waals surface area (Å²) in [5, 5.41) is 0.609. The fraction of sp³-hybridized carbons (Fsp3) is 0.364. The maximum Gasteiger partial charge on any atom is 0.238 e. The molecule has 1 aromatic rings. The van der Waals surface area contributed by atoms with E-state index in [0.717, 1.165) is 5.56 Å². The molecule has 15 heavy (non-hydrogen) atoms. The van der Waals surface area contributed by atoms with Crippen LogP contribution >= 0.6 is 23.2 Å². The Hall–Kier alpha value is -0.730. The molecule has 82 valence electrons. The van der Waals surface area contributed by atoms with Gasteiger partial charge in [0.05, 0.1) is 0 Å². The molecule has 0 aromatic heterocycles. The van der Waals surface area contributed by atoms with E-state index in [1.54, 1.807) is 6.07 Å². The van der Waals surface area contributed by atoms with E-state index in [-0.39, 0.29) is 0 Å². The molecule has 1 atom stereocenters. The molecule has 4 heteroatoms. The Morgan fingerprint density at radius 3 is 2.53 bits per heavy atom. The summed E-state index contributed by atoms with van der Waals surface area (Å²) in [6.45, 7) is 1.83. The van der Waals surface area contributed by atoms with Gasteiger partial charge >= 0.3 is 0 Å². The molecule has 2 nitrogen and oxygen atoms in total. The first-order valence-electron chi connectivity index (χ1n) is 4.72. The summed E-state index contributed by atoms with van der Waals surface area (Å²) in [6, 6.07) is 7.30.